The molecule has 0 spiro atoms. The van der Waals surface area contributed by atoms with Gasteiger partial charge < -0.3 is 15.2 Å². The Hall–Kier alpha value is -0.610. The lowest BCUT2D eigenvalue weighted by Gasteiger charge is -2.10. The molecular formula is C7H11NO3. The fourth-order valence-corrected chi connectivity index (χ4v) is 1.92. The molecule has 2 saturated heterocycles. The predicted molar refractivity (Wildman–Crippen MR) is 37.3 cm³/mol. The monoisotopic (exact) mass is 157 g/mol. The second-order valence-electron chi connectivity index (χ2n) is 3.11. The number of ether oxygens (including phenoxy) is 1. The fraction of sp³-hybridized carbons (Fsp3) is 0.857. The summed E-state index contributed by atoms with van der Waals surface area (Å²) < 4.78 is 5.12. The molecule has 0 saturated carbocycles. The van der Waals surface area contributed by atoms with Crippen molar-refractivity contribution >= 4 is 5.97 Å². The molecule has 62 valence electrons. The molecule has 0 aromatic carbocycles. The van der Waals surface area contributed by atoms with Crippen molar-refractivity contribution in [1.82, 2.24) is 5.32 Å². The fourth-order valence-electron chi connectivity index (χ4n) is 1.92. The van der Waals surface area contributed by atoms with E-state index in [0.29, 0.717) is 6.61 Å². The van der Waals surface area contributed by atoms with Crippen LogP contribution in [0.15, 0.2) is 0 Å². The summed E-state index contributed by atoms with van der Waals surface area (Å²) in [5.41, 5.74) is 0. The lowest BCUT2D eigenvalue weighted by atomic mass is 9.98. The van der Waals surface area contributed by atoms with Crippen LogP contribution in [0.3, 0.4) is 0 Å². The highest BCUT2D eigenvalue weighted by Gasteiger charge is 2.43. The zero-order chi connectivity index (χ0) is 7.84. The molecule has 0 aromatic heterocycles. The SMILES string of the molecule is O=C(O)C1OCC2NCCC21. The zero-order valence-corrected chi connectivity index (χ0v) is 6.12. The second kappa shape index (κ2) is 2.46. The quantitative estimate of drug-likeness (QED) is 0.536. The number of rotatable bonds is 1. The molecule has 2 fully saturated rings. The van der Waals surface area contributed by atoms with Crippen molar-refractivity contribution in [2.24, 2.45) is 5.92 Å². The van der Waals surface area contributed by atoms with Gasteiger partial charge in [-0.15, -0.1) is 0 Å². The molecule has 2 heterocycles. The number of aliphatic carboxylic acids is 1. The summed E-state index contributed by atoms with van der Waals surface area (Å²) in [6, 6.07) is 0.288. The van der Waals surface area contributed by atoms with E-state index in [1.807, 2.05) is 0 Å². The van der Waals surface area contributed by atoms with E-state index in [4.69, 9.17) is 9.84 Å². The summed E-state index contributed by atoms with van der Waals surface area (Å²) in [5.74, 6) is -0.617. The zero-order valence-electron chi connectivity index (χ0n) is 6.12. The number of nitrogens with one attached hydrogen (secondary N) is 1. The van der Waals surface area contributed by atoms with Crippen LogP contribution in [0.4, 0.5) is 0 Å². The van der Waals surface area contributed by atoms with E-state index in [0.717, 1.165) is 13.0 Å². The third-order valence-electron chi connectivity index (χ3n) is 2.49. The second-order valence-corrected chi connectivity index (χ2v) is 3.11. The van der Waals surface area contributed by atoms with Gasteiger partial charge in [-0.3, -0.25) is 0 Å². The molecule has 0 amide bonds. The van der Waals surface area contributed by atoms with Gasteiger partial charge in [0.05, 0.1) is 6.61 Å². The predicted octanol–water partition coefficient (Wildman–Crippen LogP) is -0.552. The topological polar surface area (TPSA) is 58.6 Å². The van der Waals surface area contributed by atoms with Crippen molar-refractivity contribution in [2.45, 2.75) is 18.6 Å². The molecule has 2 aliphatic rings. The van der Waals surface area contributed by atoms with E-state index in [1.54, 1.807) is 0 Å². The van der Waals surface area contributed by atoms with Crippen LogP contribution in [0.25, 0.3) is 0 Å². The van der Waals surface area contributed by atoms with E-state index in [2.05, 4.69) is 5.32 Å². The van der Waals surface area contributed by atoms with E-state index in [9.17, 15) is 4.79 Å². The highest BCUT2D eigenvalue weighted by Crippen LogP contribution is 2.28. The van der Waals surface area contributed by atoms with Crippen molar-refractivity contribution in [3.8, 4) is 0 Å². The Kier molecular flexibility index (Phi) is 1.58. The summed E-state index contributed by atoms with van der Waals surface area (Å²) in [6.07, 6.45) is 0.372. The minimum atomic E-state index is -0.818. The molecule has 2 aliphatic heterocycles. The molecule has 2 N–H and O–H groups in total. The summed E-state index contributed by atoms with van der Waals surface area (Å²) in [5, 5.41) is 11.9. The smallest absolute Gasteiger partial charge is 0.333 e. The van der Waals surface area contributed by atoms with Crippen molar-refractivity contribution in [1.29, 1.82) is 0 Å². The number of hydrogen-bond donors (Lipinski definition) is 2. The van der Waals surface area contributed by atoms with Gasteiger partial charge in [-0.25, -0.2) is 4.79 Å². The standard InChI is InChI=1S/C7H11NO3/c9-7(10)6-4-1-2-8-5(4)3-11-6/h4-6,8H,1-3H2,(H,9,10). The van der Waals surface area contributed by atoms with Gasteiger partial charge in [0.25, 0.3) is 0 Å². The first-order valence-electron chi connectivity index (χ1n) is 3.87. The Bertz CT molecular complexity index is 183. The van der Waals surface area contributed by atoms with Gasteiger partial charge >= 0.3 is 5.97 Å². The summed E-state index contributed by atoms with van der Waals surface area (Å²) in [4.78, 5) is 10.6. The Morgan fingerprint density at radius 3 is 3.18 bits per heavy atom. The maximum absolute atomic E-state index is 10.6. The largest absolute Gasteiger partial charge is 0.479 e. The molecule has 4 heteroatoms. The van der Waals surface area contributed by atoms with Crippen LogP contribution in [-0.2, 0) is 9.53 Å². The van der Waals surface area contributed by atoms with Gasteiger partial charge in [-0.05, 0) is 13.0 Å². The maximum Gasteiger partial charge on any atom is 0.333 e. The van der Waals surface area contributed by atoms with Crippen molar-refractivity contribution in [3.05, 3.63) is 0 Å². The third kappa shape index (κ3) is 1.02. The van der Waals surface area contributed by atoms with Crippen molar-refractivity contribution < 1.29 is 14.6 Å². The summed E-state index contributed by atoms with van der Waals surface area (Å²) >= 11 is 0. The Labute approximate surface area is 64.5 Å². The highest BCUT2D eigenvalue weighted by atomic mass is 16.5. The van der Waals surface area contributed by atoms with E-state index < -0.39 is 12.1 Å². The molecule has 0 aliphatic carbocycles. The molecule has 0 bridgehead atoms. The maximum atomic E-state index is 10.6. The molecule has 3 atom stereocenters. The summed E-state index contributed by atoms with van der Waals surface area (Å²) in [6.45, 7) is 1.49. The Balaban J connectivity index is 2.08. The van der Waals surface area contributed by atoms with Gasteiger partial charge in [0.1, 0.15) is 0 Å². The first-order chi connectivity index (χ1) is 5.29. The average Bonchev–Trinajstić information content (AvgIpc) is 2.41. The molecule has 2 rings (SSSR count). The first-order valence-corrected chi connectivity index (χ1v) is 3.87. The van der Waals surface area contributed by atoms with Crippen molar-refractivity contribution in [3.63, 3.8) is 0 Å². The molecule has 11 heavy (non-hydrogen) atoms. The highest BCUT2D eigenvalue weighted by molar-refractivity contribution is 5.73. The number of hydrogen-bond acceptors (Lipinski definition) is 3. The minimum Gasteiger partial charge on any atom is -0.479 e. The van der Waals surface area contributed by atoms with Gasteiger partial charge in [-0.2, -0.15) is 0 Å². The van der Waals surface area contributed by atoms with Crippen LogP contribution in [0.1, 0.15) is 6.42 Å². The lowest BCUT2D eigenvalue weighted by molar-refractivity contribution is -0.149. The van der Waals surface area contributed by atoms with Crippen LogP contribution in [0.2, 0.25) is 0 Å². The van der Waals surface area contributed by atoms with E-state index >= 15 is 0 Å². The lowest BCUT2D eigenvalue weighted by Crippen LogP contribution is -2.30. The number of carboxylic acids is 1. The third-order valence-corrected chi connectivity index (χ3v) is 2.49. The molecule has 4 nitrogen and oxygen atoms in total. The average molecular weight is 157 g/mol. The summed E-state index contributed by atoms with van der Waals surface area (Å²) in [7, 11) is 0. The van der Waals surface area contributed by atoms with Gasteiger partial charge in [-0.1, -0.05) is 0 Å². The van der Waals surface area contributed by atoms with Crippen molar-refractivity contribution in [2.75, 3.05) is 13.2 Å². The number of fused-ring (bicyclic) bond motifs is 1. The molecule has 3 unspecified atom stereocenters. The Morgan fingerprint density at radius 1 is 1.64 bits per heavy atom. The molecule has 0 radical (unpaired) electrons. The first kappa shape index (κ1) is 7.06. The van der Waals surface area contributed by atoms with Gasteiger partial charge in [0.15, 0.2) is 6.10 Å². The Morgan fingerprint density at radius 2 is 2.45 bits per heavy atom. The normalized spacial score (nSPS) is 42.4. The van der Waals surface area contributed by atoms with Crippen LogP contribution in [-0.4, -0.2) is 36.4 Å². The van der Waals surface area contributed by atoms with E-state index in [-0.39, 0.29) is 12.0 Å². The van der Waals surface area contributed by atoms with Gasteiger partial charge in [0.2, 0.25) is 0 Å². The van der Waals surface area contributed by atoms with E-state index in [1.165, 1.54) is 0 Å². The van der Waals surface area contributed by atoms with Crippen LogP contribution in [0.5, 0.6) is 0 Å². The molecular weight excluding hydrogens is 146 g/mol. The number of carboxylic acid groups (broad SMARTS) is 1. The van der Waals surface area contributed by atoms with Crippen LogP contribution in [0, 0.1) is 5.92 Å². The minimum absolute atomic E-state index is 0.201. The number of carbonyl (C=O) groups is 1. The van der Waals surface area contributed by atoms with Crippen LogP contribution >= 0.6 is 0 Å². The van der Waals surface area contributed by atoms with Gasteiger partial charge in [0, 0.05) is 12.0 Å². The molecule has 0 aromatic rings. The van der Waals surface area contributed by atoms with Crippen LogP contribution < -0.4 is 5.32 Å².